The third-order valence-corrected chi connectivity index (χ3v) is 5.10. The Morgan fingerprint density at radius 1 is 1.22 bits per heavy atom. The Balaban J connectivity index is 2.34. The number of amides is 1. The molecule has 2 aromatic rings. The van der Waals surface area contributed by atoms with Gasteiger partial charge in [0.05, 0.1) is 22.6 Å². The van der Waals surface area contributed by atoms with Gasteiger partial charge in [-0.2, -0.15) is 0 Å². The first kappa shape index (κ1) is 20.3. The number of carbonyl (C=O) groups excluding carboxylic acids is 1. The van der Waals surface area contributed by atoms with E-state index < -0.39 is 32.7 Å². The van der Waals surface area contributed by atoms with Crippen LogP contribution >= 0.6 is 0 Å². The van der Waals surface area contributed by atoms with E-state index in [2.05, 4.69) is 5.32 Å². The molecule has 0 aromatic heterocycles. The molecular formula is C17H18FN3O5S. The monoisotopic (exact) mass is 395 g/mol. The van der Waals surface area contributed by atoms with E-state index in [-0.39, 0.29) is 17.1 Å². The normalized spacial score (nSPS) is 12.3. The number of anilines is 2. The van der Waals surface area contributed by atoms with Crippen LogP contribution in [0.1, 0.15) is 12.5 Å². The molecule has 0 aliphatic carbocycles. The van der Waals surface area contributed by atoms with Gasteiger partial charge in [-0.25, -0.2) is 12.8 Å². The molecule has 2 rings (SSSR count). The zero-order chi connectivity index (χ0) is 20.4. The molecule has 1 atom stereocenters. The molecule has 144 valence electrons. The summed E-state index contributed by atoms with van der Waals surface area (Å²) in [5.74, 6) is -1.23. The maximum absolute atomic E-state index is 13.1. The summed E-state index contributed by atoms with van der Waals surface area (Å²) in [4.78, 5) is 22.9. The van der Waals surface area contributed by atoms with Gasteiger partial charge < -0.3 is 5.32 Å². The van der Waals surface area contributed by atoms with E-state index in [0.29, 0.717) is 5.56 Å². The number of nitrogens with one attached hydrogen (secondary N) is 1. The fourth-order valence-electron chi connectivity index (χ4n) is 2.49. The Morgan fingerprint density at radius 3 is 2.33 bits per heavy atom. The second kappa shape index (κ2) is 7.70. The fourth-order valence-corrected chi connectivity index (χ4v) is 3.67. The van der Waals surface area contributed by atoms with Crippen molar-refractivity contribution < 1.29 is 22.5 Å². The largest absolute Gasteiger partial charge is 0.324 e. The van der Waals surface area contributed by atoms with E-state index in [1.807, 2.05) is 0 Å². The summed E-state index contributed by atoms with van der Waals surface area (Å²) in [7, 11) is -3.86. The predicted octanol–water partition coefficient (Wildman–Crippen LogP) is 2.84. The SMILES string of the molecule is Cc1ccc([N+](=O)[O-])cc1NC(=O)[C@@H](C)N(c1ccc(F)cc1)S(C)(=O)=O. The van der Waals surface area contributed by atoms with Crippen LogP contribution in [0, 0.1) is 22.9 Å². The van der Waals surface area contributed by atoms with Gasteiger partial charge in [-0.1, -0.05) is 6.07 Å². The molecule has 2 aromatic carbocycles. The fraction of sp³-hybridized carbons (Fsp3) is 0.235. The van der Waals surface area contributed by atoms with E-state index >= 15 is 0 Å². The summed E-state index contributed by atoms with van der Waals surface area (Å²) in [5, 5.41) is 13.4. The number of nitro benzene ring substituents is 1. The van der Waals surface area contributed by atoms with Gasteiger partial charge in [-0.3, -0.25) is 19.2 Å². The summed E-state index contributed by atoms with van der Waals surface area (Å²) in [5.41, 5.74) is 0.696. The highest BCUT2D eigenvalue weighted by Gasteiger charge is 2.29. The summed E-state index contributed by atoms with van der Waals surface area (Å²) in [6.07, 6.45) is 0.929. The minimum atomic E-state index is -3.86. The molecule has 0 radical (unpaired) electrons. The summed E-state index contributed by atoms with van der Waals surface area (Å²) >= 11 is 0. The average molecular weight is 395 g/mol. The number of nitrogens with zero attached hydrogens (tertiary/aromatic N) is 2. The van der Waals surface area contributed by atoms with Crippen molar-refractivity contribution in [3.63, 3.8) is 0 Å². The number of aryl methyl sites for hydroxylation is 1. The number of carbonyl (C=O) groups is 1. The van der Waals surface area contributed by atoms with E-state index in [4.69, 9.17) is 0 Å². The maximum Gasteiger partial charge on any atom is 0.271 e. The lowest BCUT2D eigenvalue weighted by molar-refractivity contribution is -0.384. The molecule has 0 fully saturated rings. The Labute approximate surface area is 155 Å². The number of non-ortho nitro benzene ring substituents is 1. The van der Waals surface area contributed by atoms with Crippen LogP contribution in [0.3, 0.4) is 0 Å². The third kappa shape index (κ3) is 4.79. The number of nitro groups is 1. The highest BCUT2D eigenvalue weighted by Crippen LogP contribution is 2.25. The number of halogens is 1. The zero-order valence-electron chi connectivity index (χ0n) is 14.8. The standard InChI is InChI=1S/C17H18FN3O5S/c1-11-4-7-15(21(23)24)10-16(11)19-17(22)12(2)20(27(3,25)26)14-8-5-13(18)6-9-14/h4-10,12H,1-3H3,(H,19,22)/t12-/m1/s1. The summed E-state index contributed by atoms with van der Waals surface area (Å²) in [6, 6.07) is 7.47. The van der Waals surface area contributed by atoms with Crippen LogP contribution in [0.5, 0.6) is 0 Å². The van der Waals surface area contributed by atoms with Gasteiger partial charge in [-0.15, -0.1) is 0 Å². The minimum absolute atomic E-state index is 0.123. The molecule has 1 amide bonds. The van der Waals surface area contributed by atoms with Crippen LogP contribution < -0.4 is 9.62 Å². The van der Waals surface area contributed by atoms with Gasteiger partial charge in [0.25, 0.3) is 5.69 Å². The lowest BCUT2D eigenvalue weighted by atomic mass is 10.1. The van der Waals surface area contributed by atoms with Crippen LogP contribution in [0.15, 0.2) is 42.5 Å². The van der Waals surface area contributed by atoms with E-state index in [1.54, 1.807) is 6.92 Å². The van der Waals surface area contributed by atoms with Crippen molar-refractivity contribution in [2.75, 3.05) is 15.9 Å². The van der Waals surface area contributed by atoms with Gasteiger partial charge >= 0.3 is 0 Å². The molecule has 0 heterocycles. The topological polar surface area (TPSA) is 110 Å². The van der Waals surface area contributed by atoms with Crippen molar-refractivity contribution in [1.82, 2.24) is 0 Å². The third-order valence-electron chi connectivity index (χ3n) is 3.86. The summed E-state index contributed by atoms with van der Waals surface area (Å²) < 4.78 is 38.4. The van der Waals surface area contributed by atoms with Gasteiger partial charge in [0, 0.05) is 12.1 Å². The number of benzene rings is 2. The average Bonchev–Trinajstić information content (AvgIpc) is 2.57. The molecule has 8 nitrogen and oxygen atoms in total. The molecule has 0 aliphatic heterocycles. The van der Waals surface area contributed by atoms with E-state index in [9.17, 15) is 27.7 Å². The number of hydrogen-bond donors (Lipinski definition) is 1. The quantitative estimate of drug-likeness (QED) is 0.597. The van der Waals surface area contributed by atoms with Gasteiger partial charge in [0.15, 0.2) is 0 Å². The molecular weight excluding hydrogens is 377 g/mol. The summed E-state index contributed by atoms with van der Waals surface area (Å²) in [6.45, 7) is 3.02. The van der Waals surface area contributed by atoms with Crippen LogP contribution in [-0.2, 0) is 14.8 Å². The van der Waals surface area contributed by atoms with E-state index in [0.717, 1.165) is 22.7 Å². The Bertz CT molecular complexity index is 977. The number of rotatable bonds is 6. The number of hydrogen-bond acceptors (Lipinski definition) is 5. The lowest BCUT2D eigenvalue weighted by Gasteiger charge is -2.28. The second-order valence-corrected chi connectivity index (χ2v) is 7.82. The molecule has 1 N–H and O–H groups in total. The molecule has 0 unspecified atom stereocenters. The molecule has 0 bridgehead atoms. The van der Waals surface area contributed by atoms with Crippen molar-refractivity contribution in [3.05, 3.63) is 64.0 Å². The molecule has 0 saturated carbocycles. The highest BCUT2D eigenvalue weighted by atomic mass is 32.2. The van der Waals surface area contributed by atoms with Gasteiger partial charge in [0.2, 0.25) is 15.9 Å². The maximum atomic E-state index is 13.1. The Morgan fingerprint density at radius 2 is 1.81 bits per heavy atom. The van der Waals surface area contributed by atoms with Gasteiger partial charge in [0.1, 0.15) is 11.9 Å². The molecule has 10 heteroatoms. The van der Waals surface area contributed by atoms with Gasteiger partial charge in [-0.05, 0) is 43.7 Å². The first-order valence-electron chi connectivity index (χ1n) is 7.81. The first-order chi connectivity index (χ1) is 12.5. The predicted molar refractivity (Wildman–Crippen MR) is 99.6 cm³/mol. The number of sulfonamides is 1. The lowest BCUT2D eigenvalue weighted by Crippen LogP contribution is -2.45. The van der Waals surface area contributed by atoms with E-state index in [1.165, 1.54) is 37.3 Å². The molecule has 0 saturated heterocycles. The molecule has 0 aliphatic rings. The van der Waals surface area contributed by atoms with Crippen LogP contribution in [-0.4, -0.2) is 31.5 Å². The molecule has 0 spiro atoms. The Kier molecular flexibility index (Phi) is 5.79. The van der Waals surface area contributed by atoms with Crippen molar-refractivity contribution in [2.45, 2.75) is 19.9 Å². The smallest absolute Gasteiger partial charge is 0.271 e. The van der Waals surface area contributed by atoms with Crippen LogP contribution in [0.2, 0.25) is 0 Å². The van der Waals surface area contributed by atoms with Crippen molar-refractivity contribution in [2.24, 2.45) is 0 Å². The van der Waals surface area contributed by atoms with Crippen molar-refractivity contribution >= 4 is 33.0 Å². The van der Waals surface area contributed by atoms with Crippen molar-refractivity contribution in [1.29, 1.82) is 0 Å². The first-order valence-corrected chi connectivity index (χ1v) is 9.66. The minimum Gasteiger partial charge on any atom is -0.324 e. The van der Waals surface area contributed by atoms with Crippen molar-refractivity contribution in [3.8, 4) is 0 Å². The van der Waals surface area contributed by atoms with Crippen LogP contribution in [0.25, 0.3) is 0 Å². The highest BCUT2D eigenvalue weighted by molar-refractivity contribution is 7.92. The zero-order valence-corrected chi connectivity index (χ0v) is 15.7. The Hall–Kier alpha value is -3.01. The van der Waals surface area contributed by atoms with Crippen LogP contribution in [0.4, 0.5) is 21.5 Å². The second-order valence-electron chi connectivity index (χ2n) is 5.96. The molecule has 27 heavy (non-hydrogen) atoms.